The Kier molecular flexibility index (Phi) is 6.62. The quantitative estimate of drug-likeness (QED) is 0.377. The minimum Gasteiger partial charge on any atom is -0.493 e. The van der Waals surface area contributed by atoms with Gasteiger partial charge in [-0.15, -0.1) is 0 Å². The molecular weight excluding hydrogens is 504 g/mol. The van der Waals surface area contributed by atoms with Crippen LogP contribution >= 0.6 is 0 Å². The average molecular weight is 527 g/mol. The predicted molar refractivity (Wildman–Crippen MR) is 129 cm³/mol. The lowest BCUT2D eigenvalue weighted by Gasteiger charge is -2.50. The maximum absolute atomic E-state index is 14.6. The minimum atomic E-state index is -1.06. The maximum Gasteiger partial charge on any atom is 0.510 e. The van der Waals surface area contributed by atoms with Crippen molar-refractivity contribution in [1.82, 2.24) is 9.58 Å². The molecule has 10 nitrogen and oxygen atoms in total. The van der Waals surface area contributed by atoms with E-state index < -0.39 is 48.1 Å². The molecule has 3 heterocycles. The summed E-state index contributed by atoms with van der Waals surface area (Å²) in [6.45, 7) is -0.577. The lowest BCUT2D eigenvalue weighted by molar-refractivity contribution is 0.0131. The van der Waals surface area contributed by atoms with E-state index in [-0.39, 0.29) is 23.8 Å². The van der Waals surface area contributed by atoms with Gasteiger partial charge in [-0.1, -0.05) is 30.3 Å². The van der Waals surface area contributed by atoms with Crippen molar-refractivity contribution in [2.24, 2.45) is 0 Å². The summed E-state index contributed by atoms with van der Waals surface area (Å²) in [6.07, 6.45) is 0.0824. The van der Waals surface area contributed by atoms with Crippen LogP contribution in [0.25, 0.3) is 0 Å². The smallest absolute Gasteiger partial charge is 0.493 e. The molecule has 0 bridgehead atoms. The van der Waals surface area contributed by atoms with Gasteiger partial charge in [0.05, 0.1) is 13.7 Å². The molecule has 0 saturated carbocycles. The van der Waals surface area contributed by atoms with Crippen molar-refractivity contribution in [3.63, 3.8) is 0 Å². The number of rotatable bonds is 4. The van der Waals surface area contributed by atoms with Crippen molar-refractivity contribution in [1.29, 1.82) is 0 Å². The van der Waals surface area contributed by atoms with Crippen molar-refractivity contribution in [3.8, 4) is 11.5 Å². The average Bonchev–Trinajstić information content (AvgIpc) is 2.91. The highest BCUT2D eigenvalue weighted by molar-refractivity contribution is 5.96. The highest BCUT2D eigenvalue weighted by atomic mass is 19.2. The van der Waals surface area contributed by atoms with Crippen LogP contribution in [0, 0.1) is 11.6 Å². The van der Waals surface area contributed by atoms with Crippen LogP contribution in [0.5, 0.6) is 11.5 Å². The molecule has 5 rings (SSSR count). The maximum atomic E-state index is 14.6. The molecule has 0 N–H and O–H groups in total. The van der Waals surface area contributed by atoms with Gasteiger partial charge >= 0.3 is 6.16 Å². The minimum absolute atomic E-state index is 0.101. The van der Waals surface area contributed by atoms with Crippen molar-refractivity contribution in [2.45, 2.75) is 18.6 Å². The first-order chi connectivity index (χ1) is 18.3. The number of benzene rings is 2. The lowest BCUT2D eigenvalue weighted by Crippen LogP contribution is -2.62. The van der Waals surface area contributed by atoms with Gasteiger partial charge in [-0.25, -0.2) is 13.6 Å². The number of ether oxygens (including phenoxy) is 4. The fourth-order valence-corrected chi connectivity index (χ4v) is 4.74. The van der Waals surface area contributed by atoms with E-state index in [1.54, 1.807) is 24.2 Å². The van der Waals surface area contributed by atoms with Crippen LogP contribution in [-0.4, -0.2) is 55.4 Å². The zero-order chi connectivity index (χ0) is 27.0. The van der Waals surface area contributed by atoms with Gasteiger partial charge in [-0.05, 0) is 11.6 Å². The number of methoxy groups -OCH3 is 1. The van der Waals surface area contributed by atoms with Gasteiger partial charge in [0.15, 0.2) is 17.3 Å². The molecule has 0 saturated heterocycles. The second-order valence-corrected chi connectivity index (χ2v) is 8.59. The zero-order valence-electron chi connectivity index (χ0n) is 20.4. The number of hydrogen-bond acceptors (Lipinski definition) is 8. The summed E-state index contributed by atoms with van der Waals surface area (Å²) in [6, 6.07) is 11.6. The van der Waals surface area contributed by atoms with Crippen molar-refractivity contribution >= 4 is 12.1 Å². The lowest BCUT2D eigenvalue weighted by atomic mass is 9.95. The van der Waals surface area contributed by atoms with Gasteiger partial charge in [0.2, 0.25) is 18.0 Å². The molecule has 0 spiro atoms. The molecule has 12 heteroatoms. The number of halogens is 2. The Balaban J connectivity index is 1.73. The molecule has 1 amide bonds. The Morgan fingerprint density at radius 1 is 1.11 bits per heavy atom. The summed E-state index contributed by atoms with van der Waals surface area (Å²) in [5, 5.41) is 1.79. The third-order valence-electron chi connectivity index (χ3n) is 6.47. The van der Waals surface area contributed by atoms with Gasteiger partial charge in [0.1, 0.15) is 18.0 Å². The Hall–Kier alpha value is -4.61. The van der Waals surface area contributed by atoms with Crippen molar-refractivity contribution in [3.05, 3.63) is 93.4 Å². The number of carbonyl (C=O) groups excluding carboxylic acids is 2. The van der Waals surface area contributed by atoms with E-state index in [9.17, 15) is 23.2 Å². The summed E-state index contributed by atoms with van der Waals surface area (Å²) in [5.41, 5.74) is 0.268. The highest BCUT2D eigenvalue weighted by Crippen LogP contribution is 2.41. The van der Waals surface area contributed by atoms with Crippen LogP contribution < -0.4 is 19.9 Å². The summed E-state index contributed by atoms with van der Waals surface area (Å²) < 4.78 is 50.7. The molecular formula is C26H23F2N3O7. The number of amides is 1. The van der Waals surface area contributed by atoms with Gasteiger partial charge in [-0.3, -0.25) is 19.3 Å². The topological polar surface area (TPSA) is 99.5 Å². The Labute approximate surface area is 215 Å². The highest BCUT2D eigenvalue weighted by Gasteiger charge is 2.43. The van der Waals surface area contributed by atoms with Crippen LogP contribution in [0.1, 0.15) is 34.1 Å². The fraction of sp³-hybridized carbons (Fsp3) is 0.269. The Bertz CT molecular complexity index is 1450. The number of pyridine rings is 1. The van der Waals surface area contributed by atoms with Gasteiger partial charge in [-0.2, -0.15) is 0 Å². The number of nitrogens with zero attached hydrogens (tertiary/aromatic N) is 3. The fourth-order valence-electron chi connectivity index (χ4n) is 4.74. The van der Waals surface area contributed by atoms with Crippen molar-refractivity contribution < 1.29 is 37.3 Å². The summed E-state index contributed by atoms with van der Waals surface area (Å²) in [5.74, 6) is -2.83. The van der Waals surface area contributed by atoms with Crippen LogP contribution in [0.2, 0.25) is 0 Å². The number of aromatic nitrogens is 1. The molecule has 1 unspecified atom stereocenters. The monoisotopic (exact) mass is 527 g/mol. The SMILES string of the molecule is COC(=O)OCOc1c2n(ccc1=O)N1C(CCOc3cc(F)c(F)cc3[C@@H]1c1ccccc1)N(C)C2=O. The summed E-state index contributed by atoms with van der Waals surface area (Å²) in [4.78, 5) is 39.1. The molecule has 0 aliphatic carbocycles. The molecule has 38 heavy (non-hydrogen) atoms. The third-order valence-corrected chi connectivity index (χ3v) is 6.47. The van der Waals surface area contributed by atoms with Crippen molar-refractivity contribution in [2.75, 3.05) is 32.6 Å². The van der Waals surface area contributed by atoms with E-state index in [1.807, 2.05) is 18.2 Å². The zero-order valence-corrected chi connectivity index (χ0v) is 20.4. The molecule has 3 aromatic rings. The van der Waals surface area contributed by atoms with Gasteiger partial charge < -0.3 is 23.8 Å². The standard InChI is InChI=1S/C26H23F2N3O7/c1-29-21-9-11-36-20-13-18(28)17(27)12-16(20)22(15-6-4-3-5-7-15)31(21)30-10-8-19(32)24(23(30)25(29)33)37-14-38-26(34)35-2/h3-8,10,12-13,21-22H,9,11,14H2,1-2H3/t21?,22-/m0/s1. The van der Waals surface area contributed by atoms with E-state index in [0.717, 1.165) is 19.2 Å². The molecule has 0 fully saturated rings. The van der Waals surface area contributed by atoms with Crippen LogP contribution in [0.15, 0.2) is 59.5 Å². The van der Waals surface area contributed by atoms with E-state index >= 15 is 0 Å². The predicted octanol–water partition coefficient (Wildman–Crippen LogP) is 3.17. The molecule has 0 radical (unpaired) electrons. The molecule has 198 valence electrons. The van der Waals surface area contributed by atoms with E-state index in [1.165, 1.54) is 21.8 Å². The normalized spacial score (nSPS) is 18.3. The Morgan fingerprint density at radius 2 is 1.84 bits per heavy atom. The van der Waals surface area contributed by atoms with Gasteiger partial charge in [0.25, 0.3) is 5.91 Å². The molecule has 2 aromatic carbocycles. The van der Waals surface area contributed by atoms with E-state index in [2.05, 4.69) is 4.74 Å². The summed E-state index contributed by atoms with van der Waals surface area (Å²) in [7, 11) is 2.67. The van der Waals surface area contributed by atoms with E-state index in [4.69, 9.17) is 14.2 Å². The van der Waals surface area contributed by atoms with Crippen LogP contribution in [-0.2, 0) is 9.47 Å². The first-order valence-electron chi connectivity index (χ1n) is 11.6. The number of carbonyl (C=O) groups is 2. The molecule has 2 aliphatic heterocycles. The molecule has 1 aromatic heterocycles. The largest absolute Gasteiger partial charge is 0.510 e. The number of fused-ring (bicyclic) bond motifs is 4. The van der Waals surface area contributed by atoms with E-state index in [0.29, 0.717) is 17.5 Å². The summed E-state index contributed by atoms with van der Waals surface area (Å²) >= 11 is 0. The third kappa shape index (κ3) is 4.27. The second kappa shape index (κ2) is 10.0. The Morgan fingerprint density at radius 3 is 2.58 bits per heavy atom. The first-order valence-corrected chi connectivity index (χ1v) is 11.6. The van der Waals surface area contributed by atoms with Gasteiger partial charge in [0, 0.05) is 37.4 Å². The van der Waals surface area contributed by atoms with Crippen LogP contribution in [0.4, 0.5) is 13.6 Å². The second-order valence-electron chi connectivity index (χ2n) is 8.59. The molecule has 2 atom stereocenters. The molecule has 2 aliphatic rings. The van der Waals surface area contributed by atoms with Crippen LogP contribution in [0.3, 0.4) is 0 Å². The first kappa shape index (κ1) is 25.1. The number of hydrogen-bond donors (Lipinski definition) is 0.